The number of carboxylic acid groups (broad SMARTS) is 1. The van der Waals surface area contributed by atoms with Crippen LogP contribution in [-0.4, -0.2) is 35.6 Å². The molecule has 140 valence electrons. The average molecular weight is 377 g/mol. The van der Waals surface area contributed by atoms with E-state index < -0.39 is 17.5 Å². The lowest BCUT2D eigenvalue weighted by Gasteiger charge is -2.15. The van der Waals surface area contributed by atoms with E-state index in [4.69, 9.17) is 4.74 Å². The Morgan fingerprint density at radius 2 is 2.11 bits per heavy atom. The number of benzene rings is 1. The summed E-state index contributed by atoms with van der Waals surface area (Å²) in [6, 6.07) is 9.82. The Balaban J connectivity index is 1.71. The van der Waals surface area contributed by atoms with E-state index in [1.165, 1.54) is 16.9 Å². The summed E-state index contributed by atoms with van der Waals surface area (Å²) in [7, 11) is 1.75. The van der Waals surface area contributed by atoms with Crippen LogP contribution in [0, 0.1) is 0 Å². The summed E-state index contributed by atoms with van der Waals surface area (Å²) in [5.41, 5.74) is 1.20. The Morgan fingerprint density at radius 1 is 1.25 bits per heavy atom. The number of hydrogen-bond donors (Lipinski definition) is 1. The molecule has 1 atom stereocenters. The van der Waals surface area contributed by atoms with Crippen LogP contribution in [0.25, 0.3) is 16.6 Å². The lowest BCUT2D eigenvalue weighted by Crippen LogP contribution is -2.23. The van der Waals surface area contributed by atoms with E-state index in [0.29, 0.717) is 11.3 Å². The second-order valence-corrected chi connectivity index (χ2v) is 6.09. The van der Waals surface area contributed by atoms with Crippen molar-refractivity contribution in [3.8, 4) is 11.6 Å². The molecular formula is C19H15N5O4. The van der Waals surface area contributed by atoms with Gasteiger partial charge in [0.2, 0.25) is 11.5 Å². The van der Waals surface area contributed by atoms with E-state index in [2.05, 4.69) is 15.2 Å². The van der Waals surface area contributed by atoms with Crippen LogP contribution in [-0.2, 0) is 11.8 Å². The molecule has 0 fully saturated rings. The number of carboxylic acids is 1. The van der Waals surface area contributed by atoms with Crippen LogP contribution in [0.15, 0.2) is 66.0 Å². The zero-order valence-corrected chi connectivity index (χ0v) is 14.8. The fourth-order valence-corrected chi connectivity index (χ4v) is 2.77. The summed E-state index contributed by atoms with van der Waals surface area (Å²) in [5, 5.41) is 18.6. The van der Waals surface area contributed by atoms with Crippen molar-refractivity contribution >= 4 is 16.9 Å². The number of ether oxygens (including phenoxy) is 1. The Labute approximate surface area is 158 Å². The zero-order valence-electron chi connectivity index (χ0n) is 14.8. The van der Waals surface area contributed by atoms with Gasteiger partial charge >= 0.3 is 5.97 Å². The largest absolute Gasteiger partial charge is 0.478 e. The van der Waals surface area contributed by atoms with Crippen LogP contribution >= 0.6 is 0 Å². The molecule has 0 aliphatic carbocycles. The molecule has 3 aromatic heterocycles. The molecular weight excluding hydrogens is 362 g/mol. The highest BCUT2D eigenvalue weighted by molar-refractivity contribution is 5.82. The summed E-state index contributed by atoms with van der Waals surface area (Å²) < 4.78 is 8.50. The summed E-state index contributed by atoms with van der Waals surface area (Å²) in [6.07, 6.45) is 4.99. The van der Waals surface area contributed by atoms with Gasteiger partial charge in [-0.1, -0.05) is 12.1 Å². The highest BCUT2D eigenvalue weighted by Crippen LogP contribution is 2.23. The summed E-state index contributed by atoms with van der Waals surface area (Å²) in [4.78, 5) is 28.2. The van der Waals surface area contributed by atoms with Gasteiger partial charge in [0.25, 0.3) is 5.88 Å². The van der Waals surface area contributed by atoms with Crippen LogP contribution < -0.4 is 10.2 Å². The summed E-state index contributed by atoms with van der Waals surface area (Å²) in [6.45, 7) is 0. The van der Waals surface area contributed by atoms with E-state index in [1.807, 2.05) is 6.07 Å². The van der Waals surface area contributed by atoms with Crippen molar-refractivity contribution in [2.45, 2.75) is 6.10 Å². The molecule has 0 aliphatic heterocycles. The third-order valence-electron chi connectivity index (χ3n) is 4.12. The monoisotopic (exact) mass is 377 g/mol. The van der Waals surface area contributed by atoms with Crippen LogP contribution in [0.4, 0.5) is 0 Å². The van der Waals surface area contributed by atoms with Gasteiger partial charge in [-0.15, -0.1) is 5.10 Å². The number of aromatic nitrogens is 5. The molecule has 0 saturated heterocycles. The molecule has 0 aliphatic rings. The van der Waals surface area contributed by atoms with Crippen molar-refractivity contribution in [3.63, 3.8) is 0 Å². The minimum atomic E-state index is -1.39. The molecule has 1 N–H and O–H groups in total. The molecule has 0 saturated carbocycles. The highest BCUT2D eigenvalue weighted by atomic mass is 16.5. The van der Waals surface area contributed by atoms with Crippen LogP contribution in [0.1, 0.15) is 11.7 Å². The Morgan fingerprint density at radius 3 is 2.86 bits per heavy atom. The minimum Gasteiger partial charge on any atom is -0.478 e. The predicted octanol–water partition coefficient (Wildman–Crippen LogP) is 1.72. The van der Waals surface area contributed by atoms with E-state index >= 15 is 0 Å². The number of nitrogens with zero attached hydrogens (tertiary/aromatic N) is 5. The van der Waals surface area contributed by atoms with Crippen LogP contribution in [0.2, 0.25) is 0 Å². The molecule has 1 unspecified atom stereocenters. The molecule has 1 aromatic carbocycles. The second kappa shape index (κ2) is 6.95. The first-order chi connectivity index (χ1) is 13.5. The maximum atomic E-state index is 12.2. The van der Waals surface area contributed by atoms with Crippen molar-refractivity contribution in [3.05, 3.63) is 77.0 Å². The fourth-order valence-electron chi connectivity index (χ4n) is 2.77. The number of aliphatic carboxylic acids is 1. The number of hydrogen-bond acceptors (Lipinski definition) is 6. The Hall–Kier alpha value is -4.01. The predicted molar refractivity (Wildman–Crippen MR) is 99.3 cm³/mol. The molecule has 4 aromatic rings. The van der Waals surface area contributed by atoms with E-state index in [1.54, 1.807) is 54.6 Å². The molecule has 28 heavy (non-hydrogen) atoms. The van der Waals surface area contributed by atoms with Crippen molar-refractivity contribution < 1.29 is 14.6 Å². The molecule has 4 rings (SSSR count). The van der Waals surface area contributed by atoms with Crippen LogP contribution in [0.3, 0.4) is 0 Å². The lowest BCUT2D eigenvalue weighted by molar-refractivity contribution is -0.145. The molecule has 0 bridgehead atoms. The average Bonchev–Trinajstić information content (AvgIpc) is 3.13. The summed E-state index contributed by atoms with van der Waals surface area (Å²) >= 11 is 0. The van der Waals surface area contributed by atoms with Gasteiger partial charge in [0.1, 0.15) is 5.69 Å². The molecule has 0 amide bonds. The van der Waals surface area contributed by atoms with Crippen molar-refractivity contribution in [1.82, 2.24) is 24.5 Å². The molecule has 9 heteroatoms. The number of fused-ring (bicyclic) bond motifs is 1. The van der Waals surface area contributed by atoms with Gasteiger partial charge in [-0.3, -0.25) is 14.5 Å². The molecule has 0 radical (unpaired) electrons. The number of pyridine rings is 1. The van der Waals surface area contributed by atoms with Gasteiger partial charge in [0.15, 0.2) is 0 Å². The smallest absolute Gasteiger partial charge is 0.349 e. The first-order valence-corrected chi connectivity index (χ1v) is 8.34. The third kappa shape index (κ3) is 3.32. The maximum absolute atomic E-state index is 12.2. The number of aryl methyl sites for hydroxylation is 1. The van der Waals surface area contributed by atoms with Crippen molar-refractivity contribution in [1.29, 1.82) is 0 Å². The van der Waals surface area contributed by atoms with Gasteiger partial charge in [-0.05, 0) is 18.2 Å². The summed E-state index contributed by atoms with van der Waals surface area (Å²) in [5.74, 6) is -1.55. The zero-order chi connectivity index (χ0) is 19.7. The molecule has 9 nitrogen and oxygen atoms in total. The lowest BCUT2D eigenvalue weighted by atomic mass is 10.1. The van der Waals surface area contributed by atoms with Gasteiger partial charge in [0, 0.05) is 36.5 Å². The SMILES string of the molecule is Cn1cc(-n2ccc(=O)c(OC(C(=O)O)c3ccc4ncccc4c3)n2)cn1. The van der Waals surface area contributed by atoms with E-state index in [0.717, 1.165) is 10.9 Å². The topological polar surface area (TPSA) is 112 Å². The highest BCUT2D eigenvalue weighted by Gasteiger charge is 2.24. The fraction of sp³-hybridized carbons (Fsp3) is 0.105. The van der Waals surface area contributed by atoms with Gasteiger partial charge in [-0.2, -0.15) is 5.10 Å². The number of rotatable bonds is 5. The Bertz CT molecular complexity index is 1230. The normalized spacial score (nSPS) is 12.0. The maximum Gasteiger partial charge on any atom is 0.349 e. The molecule has 0 spiro atoms. The van der Waals surface area contributed by atoms with Crippen molar-refractivity contribution in [2.75, 3.05) is 0 Å². The van der Waals surface area contributed by atoms with Gasteiger partial charge in [0.05, 0.1) is 17.9 Å². The third-order valence-corrected chi connectivity index (χ3v) is 4.12. The first-order valence-electron chi connectivity index (χ1n) is 8.34. The quantitative estimate of drug-likeness (QED) is 0.563. The second-order valence-electron chi connectivity index (χ2n) is 6.09. The van der Waals surface area contributed by atoms with E-state index in [-0.39, 0.29) is 5.88 Å². The minimum absolute atomic E-state index is 0.315. The standard InChI is InChI=1S/C19H15N5O4/c1-23-11-14(10-21-23)24-8-6-16(25)18(22-24)28-17(19(26)27)13-4-5-15-12(9-13)3-2-7-20-15/h2-11,17H,1H3,(H,26,27). The Kier molecular flexibility index (Phi) is 4.32. The van der Waals surface area contributed by atoms with Crippen LogP contribution in [0.5, 0.6) is 5.88 Å². The van der Waals surface area contributed by atoms with Gasteiger partial charge < -0.3 is 9.84 Å². The number of carbonyl (C=O) groups is 1. The van der Waals surface area contributed by atoms with Crippen molar-refractivity contribution in [2.24, 2.45) is 7.05 Å². The molecule has 3 heterocycles. The van der Waals surface area contributed by atoms with E-state index in [9.17, 15) is 14.7 Å². The first kappa shape index (κ1) is 17.4. The van der Waals surface area contributed by atoms with Gasteiger partial charge in [-0.25, -0.2) is 9.48 Å².